The Kier molecular flexibility index (Phi) is 6.15. The highest BCUT2D eigenvalue weighted by Gasteiger charge is 2.25. The summed E-state index contributed by atoms with van der Waals surface area (Å²) >= 11 is 0. The molecule has 0 amide bonds. The zero-order chi connectivity index (χ0) is 16.9. The van der Waals surface area contributed by atoms with Crippen LogP contribution in [0.4, 0.5) is 0 Å². The van der Waals surface area contributed by atoms with Gasteiger partial charge in [-0.1, -0.05) is 30.3 Å². The number of benzene rings is 1. The summed E-state index contributed by atoms with van der Waals surface area (Å²) in [6.07, 6.45) is 0. The first kappa shape index (κ1) is 17.9. The molecule has 0 radical (unpaired) electrons. The minimum atomic E-state index is -3.52. The van der Waals surface area contributed by atoms with Gasteiger partial charge in [-0.05, 0) is 12.5 Å². The van der Waals surface area contributed by atoms with E-state index in [0.29, 0.717) is 6.54 Å². The van der Waals surface area contributed by atoms with Crippen molar-refractivity contribution in [1.29, 1.82) is 0 Å². The molecule has 0 saturated carbocycles. The monoisotopic (exact) mass is 340 g/mol. The van der Waals surface area contributed by atoms with E-state index in [-0.39, 0.29) is 11.8 Å². The molecule has 1 fully saturated rings. The maximum absolute atomic E-state index is 11.7. The average Bonchev–Trinajstić information content (AvgIpc) is 2.46. The van der Waals surface area contributed by atoms with Crippen molar-refractivity contribution in [2.24, 2.45) is 0 Å². The summed E-state index contributed by atoms with van der Waals surface area (Å²) in [4.78, 5) is 15.0. The van der Waals surface area contributed by atoms with Crippen LogP contribution in [0.15, 0.2) is 30.3 Å². The zero-order valence-electron chi connectivity index (χ0n) is 13.4. The molecule has 7 heteroatoms. The highest BCUT2D eigenvalue weighted by Crippen LogP contribution is 2.13. The summed E-state index contributed by atoms with van der Waals surface area (Å²) in [5.74, 6) is -2.16. The van der Waals surface area contributed by atoms with E-state index in [4.69, 9.17) is 5.11 Å². The van der Waals surface area contributed by atoms with Crippen LogP contribution in [0.1, 0.15) is 12.5 Å². The summed E-state index contributed by atoms with van der Waals surface area (Å²) in [6, 6.07) is 10.5. The lowest BCUT2D eigenvalue weighted by atomic mass is 10.1. The first-order valence-corrected chi connectivity index (χ1v) is 9.60. The largest absolute Gasteiger partial charge is 0.480 e. The van der Waals surface area contributed by atoms with Crippen LogP contribution in [0.3, 0.4) is 0 Å². The van der Waals surface area contributed by atoms with Gasteiger partial charge in [0, 0.05) is 38.8 Å². The van der Waals surface area contributed by atoms with Crippen molar-refractivity contribution in [3.8, 4) is 0 Å². The molecule has 2 rings (SSSR count). The first-order valence-electron chi connectivity index (χ1n) is 7.78. The topological polar surface area (TPSA) is 77.9 Å². The Morgan fingerprint density at radius 1 is 1.26 bits per heavy atom. The van der Waals surface area contributed by atoms with Crippen LogP contribution >= 0.6 is 0 Å². The number of aliphatic carboxylic acids is 1. The minimum absolute atomic E-state index is 0.0949. The summed E-state index contributed by atoms with van der Waals surface area (Å²) in [7, 11) is -3.52. The number of sulfone groups is 1. The average molecular weight is 340 g/mol. The summed E-state index contributed by atoms with van der Waals surface area (Å²) in [6.45, 7) is 5.95. The number of piperazine rings is 1. The van der Waals surface area contributed by atoms with Gasteiger partial charge in [0.2, 0.25) is 0 Å². The number of carboxylic acids is 1. The van der Waals surface area contributed by atoms with E-state index in [1.807, 2.05) is 18.2 Å². The Hall–Kier alpha value is -1.44. The molecule has 0 aromatic heterocycles. The van der Waals surface area contributed by atoms with Crippen molar-refractivity contribution in [2.45, 2.75) is 19.5 Å². The lowest BCUT2D eigenvalue weighted by Gasteiger charge is -2.39. The molecular weight excluding hydrogens is 316 g/mol. The Balaban J connectivity index is 1.81. The van der Waals surface area contributed by atoms with Crippen molar-refractivity contribution in [3.05, 3.63) is 35.9 Å². The number of carbonyl (C=O) groups is 1. The third kappa shape index (κ3) is 5.93. The standard InChI is InChI=1S/C16H24N2O4S/c1-14-11-17(12-15-5-3-2-4-6-15)7-8-18(14)9-10-23(21,22)13-16(19)20/h2-6,14H,7-13H2,1H3,(H,19,20)/t14-/m1/s1. The fraction of sp³-hybridized carbons (Fsp3) is 0.562. The van der Waals surface area contributed by atoms with Gasteiger partial charge >= 0.3 is 5.97 Å². The fourth-order valence-corrected chi connectivity index (χ4v) is 3.94. The summed E-state index contributed by atoms with van der Waals surface area (Å²) in [5, 5.41) is 8.61. The lowest BCUT2D eigenvalue weighted by molar-refractivity contribution is -0.134. The van der Waals surface area contributed by atoms with Gasteiger partial charge in [0.25, 0.3) is 0 Å². The van der Waals surface area contributed by atoms with E-state index in [1.165, 1.54) is 5.56 Å². The van der Waals surface area contributed by atoms with E-state index in [0.717, 1.165) is 26.2 Å². The fourth-order valence-electron chi connectivity index (χ4n) is 2.90. The quantitative estimate of drug-likeness (QED) is 0.787. The zero-order valence-corrected chi connectivity index (χ0v) is 14.2. The van der Waals surface area contributed by atoms with Gasteiger partial charge in [-0.15, -0.1) is 0 Å². The van der Waals surface area contributed by atoms with Gasteiger partial charge in [-0.3, -0.25) is 14.6 Å². The predicted molar refractivity (Wildman–Crippen MR) is 89.0 cm³/mol. The second-order valence-electron chi connectivity index (χ2n) is 6.09. The van der Waals surface area contributed by atoms with Gasteiger partial charge < -0.3 is 5.11 Å². The van der Waals surface area contributed by atoms with Gasteiger partial charge in [-0.25, -0.2) is 8.42 Å². The number of carboxylic acid groups (broad SMARTS) is 1. The maximum atomic E-state index is 11.7. The molecule has 0 unspecified atom stereocenters. The molecule has 1 aliphatic heterocycles. The van der Waals surface area contributed by atoms with Crippen LogP contribution in [-0.4, -0.2) is 73.0 Å². The molecule has 0 spiro atoms. The smallest absolute Gasteiger partial charge is 0.318 e. The highest BCUT2D eigenvalue weighted by atomic mass is 32.2. The van der Waals surface area contributed by atoms with Crippen LogP contribution in [0.5, 0.6) is 0 Å². The molecule has 0 bridgehead atoms. The second kappa shape index (κ2) is 7.90. The van der Waals surface area contributed by atoms with Crippen LogP contribution in [0, 0.1) is 0 Å². The third-order valence-corrected chi connectivity index (χ3v) is 5.62. The van der Waals surface area contributed by atoms with Crippen LogP contribution in [0.2, 0.25) is 0 Å². The molecular formula is C16H24N2O4S. The van der Waals surface area contributed by atoms with Crippen molar-refractivity contribution < 1.29 is 18.3 Å². The lowest BCUT2D eigenvalue weighted by Crippen LogP contribution is -2.52. The molecule has 1 atom stereocenters. The van der Waals surface area contributed by atoms with Gasteiger partial charge in [0.05, 0.1) is 5.75 Å². The molecule has 1 heterocycles. The highest BCUT2D eigenvalue weighted by molar-refractivity contribution is 7.92. The Labute approximate surface area is 137 Å². The molecule has 1 N–H and O–H groups in total. The summed E-state index contributed by atoms with van der Waals surface area (Å²) in [5.41, 5.74) is 1.28. The van der Waals surface area contributed by atoms with Gasteiger partial charge in [0.1, 0.15) is 5.75 Å². The van der Waals surface area contributed by atoms with Gasteiger partial charge in [-0.2, -0.15) is 0 Å². The van der Waals surface area contributed by atoms with Crippen LogP contribution in [-0.2, 0) is 21.2 Å². The van der Waals surface area contributed by atoms with E-state index in [2.05, 4.69) is 28.9 Å². The molecule has 1 saturated heterocycles. The molecule has 0 aliphatic carbocycles. The van der Waals surface area contributed by atoms with Gasteiger partial charge in [0.15, 0.2) is 9.84 Å². The minimum Gasteiger partial charge on any atom is -0.480 e. The molecule has 1 aromatic rings. The number of hydrogen-bond acceptors (Lipinski definition) is 5. The summed E-state index contributed by atoms with van der Waals surface area (Å²) < 4.78 is 23.4. The molecule has 1 aliphatic rings. The third-order valence-electron chi connectivity index (χ3n) is 4.13. The Bertz CT molecular complexity index is 618. The Morgan fingerprint density at radius 3 is 2.57 bits per heavy atom. The molecule has 1 aromatic carbocycles. The molecule has 6 nitrogen and oxygen atoms in total. The second-order valence-corrected chi connectivity index (χ2v) is 8.28. The first-order chi connectivity index (χ1) is 10.9. The van der Waals surface area contributed by atoms with E-state index < -0.39 is 21.6 Å². The van der Waals surface area contributed by atoms with Crippen molar-refractivity contribution >= 4 is 15.8 Å². The van der Waals surface area contributed by atoms with Crippen molar-refractivity contribution in [1.82, 2.24) is 9.80 Å². The number of rotatable bonds is 7. The van der Waals surface area contributed by atoms with E-state index in [9.17, 15) is 13.2 Å². The van der Waals surface area contributed by atoms with E-state index in [1.54, 1.807) is 0 Å². The van der Waals surface area contributed by atoms with E-state index >= 15 is 0 Å². The molecule has 128 valence electrons. The van der Waals surface area contributed by atoms with Crippen molar-refractivity contribution in [3.63, 3.8) is 0 Å². The number of hydrogen-bond donors (Lipinski definition) is 1. The SMILES string of the molecule is C[C@@H]1CN(Cc2ccccc2)CCN1CCS(=O)(=O)CC(=O)O. The normalized spacial score (nSPS) is 20.5. The molecule has 23 heavy (non-hydrogen) atoms. The maximum Gasteiger partial charge on any atom is 0.318 e. The Morgan fingerprint density at radius 2 is 1.96 bits per heavy atom. The van der Waals surface area contributed by atoms with Crippen LogP contribution < -0.4 is 0 Å². The number of nitrogens with zero attached hydrogens (tertiary/aromatic N) is 2. The van der Waals surface area contributed by atoms with Crippen molar-refractivity contribution in [2.75, 3.05) is 37.7 Å². The predicted octanol–water partition coefficient (Wildman–Crippen LogP) is 0.692. The van der Waals surface area contributed by atoms with Crippen LogP contribution in [0.25, 0.3) is 0 Å².